The molecule has 244 valence electrons. The fourth-order valence-electron chi connectivity index (χ4n) is 5.48. The zero-order valence-corrected chi connectivity index (χ0v) is 30.3. The second-order valence-corrected chi connectivity index (χ2v) is 14.2. The molecule has 1 atom stereocenters. The second kappa shape index (κ2) is 14.7. The van der Waals surface area contributed by atoms with Gasteiger partial charge in [-0.1, -0.05) is 115 Å². The van der Waals surface area contributed by atoms with Crippen LogP contribution in [0.2, 0.25) is 10.0 Å². The van der Waals surface area contributed by atoms with Crippen molar-refractivity contribution in [2.45, 2.75) is 39.3 Å². The number of carbonyl (C=O) groups excluding carboxylic acids is 1. The van der Waals surface area contributed by atoms with E-state index in [2.05, 4.69) is 29.8 Å². The van der Waals surface area contributed by atoms with Gasteiger partial charge in [0.1, 0.15) is 12.4 Å². The molecule has 2 heterocycles. The van der Waals surface area contributed by atoms with Crippen molar-refractivity contribution in [1.82, 2.24) is 4.57 Å². The van der Waals surface area contributed by atoms with Gasteiger partial charge in [0.2, 0.25) is 0 Å². The zero-order valence-electron chi connectivity index (χ0n) is 26.4. The Labute approximate surface area is 300 Å². The first-order chi connectivity index (χ1) is 23.1. The van der Waals surface area contributed by atoms with Gasteiger partial charge >= 0.3 is 5.97 Å². The van der Waals surface area contributed by atoms with Crippen LogP contribution in [-0.2, 0) is 16.1 Å². The van der Waals surface area contributed by atoms with E-state index in [9.17, 15) is 9.59 Å². The van der Waals surface area contributed by atoms with Gasteiger partial charge in [-0.15, -0.1) is 0 Å². The lowest BCUT2D eigenvalue weighted by atomic mass is 9.91. The molecular weight excluding hydrogens is 731 g/mol. The Hall–Kier alpha value is -3.95. The van der Waals surface area contributed by atoms with Gasteiger partial charge in [-0.25, -0.2) is 9.79 Å². The topological polar surface area (TPSA) is 69.9 Å². The summed E-state index contributed by atoms with van der Waals surface area (Å²) in [5, 5.41) is 0.953. The molecule has 0 spiro atoms. The fraction of sp³-hybridized carbons (Fsp3) is 0.184. The Balaban J connectivity index is 1.44. The molecule has 1 aliphatic heterocycles. The molecule has 6 nitrogen and oxygen atoms in total. The van der Waals surface area contributed by atoms with Gasteiger partial charge in [-0.2, -0.15) is 0 Å². The first-order valence-corrected chi connectivity index (χ1v) is 17.8. The normalized spacial score (nSPS) is 14.6. The third-order valence-electron chi connectivity index (χ3n) is 7.92. The summed E-state index contributed by atoms with van der Waals surface area (Å²) in [4.78, 5) is 33.4. The van der Waals surface area contributed by atoms with Crippen LogP contribution in [0.3, 0.4) is 0 Å². The first-order valence-electron chi connectivity index (χ1n) is 15.4. The highest BCUT2D eigenvalue weighted by molar-refractivity contribution is 9.10. The van der Waals surface area contributed by atoms with Crippen molar-refractivity contribution < 1.29 is 14.3 Å². The third kappa shape index (κ3) is 7.08. The molecule has 6 rings (SSSR count). The largest absolute Gasteiger partial charge is 0.488 e. The quantitative estimate of drug-likeness (QED) is 0.141. The molecule has 1 aliphatic rings. The van der Waals surface area contributed by atoms with Crippen LogP contribution in [-0.4, -0.2) is 17.1 Å². The van der Waals surface area contributed by atoms with Crippen LogP contribution in [0.4, 0.5) is 0 Å². The molecule has 0 amide bonds. The molecule has 0 unspecified atom stereocenters. The van der Waals surface area contributed by atoms with E-state index in [-0.39, 0.29) is 12.2 Å². The molecule has 0 radical (unpaired) electrons. The van der Waals surface area contributed by atoms with E-state index in [4.69, 9.17) is 37.7 Å². The number of ether oxygens (including phenoxy) is 2. The van der Waals surface area contributed by atoms with Crippen molar-refractivity contribution >= 4 is 68.2 Å². The second-order valence-electron chi connectivity index (χ2n) is 11.5. The maximum absolute atomic E-state index is 14.3. The lowest BCUT2D eigenvalue weighted by Gasteiger charge is -2.26. The van der Waals surface area contributed by atoms with Crippen molar-refractivity contribution in [3.63, 3.8) is 0 Å². The van der Waals surface area contributed by atoms with Crippen LogP contribution in [0.5, 0.6) is 5.75 Å². The van der Waals surface area contributed by atoms with Crippen LogP contribution in [0.15, 0.2) is 111 Å². The van der Waals surface area contributed by atoms with Crippen LogP contribution in [0.25, 0.3) is 11.8 Å². The molecule has 1 aromatic heterocycles. The molecule has 0 saturated heterocycles. The highest BCUT2D eigenvalue weighted by Gasteiger charge is 2.35. The molecule has 4 aromatic carbocycles. The minimum Gasteiger partial charge on any atom is -0.488 e. The van der Waals surface area contributed by atoms with Crippen LogP contribution >= 0.6 is 50.5 Å². The van der Waals surface area contributed by atoms with Gasteiger partial charge in [0, 0.05) is 5.56 Å². The predicted molar refractivity (Wildman–Crippen MR) is 197 cm³/mol. The van der Waals surface area contributed by atoms with E-state index >= 15 is 0 Å². The van der Waals surface area contributed by atoms with Gasteiger partial charge < -0.3 is 9.47 Å². The number of carbonyl (C=O) groups is 1. The van der Waals surface area contributed by atoms with E-state index in [1.807, 2.05) is 84.9 Å². The maximum Gasteiger partial charge on any atom is 0.338 e. The summed E-state index contributed by atoms with van der Waals surface area (Å²) in [6.07, 6.45) is 1.83. The SMILES string of the molecule is CCOC(=O)C1=C(c2ccccc2)N=c2s/c(=C\c3ccc(OCc4ccc(Cl)c(Cl)c4)c(Br)c3)c(=O)n2[C@H]1c1ccc(C(C)C)cc1. The summed E-state index contributed by atoms with van der Waals surface area (Å²) in [5.74, 6) is 0.455. The number of thiazole rings is 1. The number of nitrogens with zero attached hydrogens (tertiary/aromatic N) is 2. The molecule has 0 saturated carbocycles. The smallest absolute Gasteiger partial charge is 0.338 e. The highest BCUT2D eigenvalue weighted by atomic mass is 79.9. The van der Waals surface area contributed by atoms with E-state index < -0.39 is 12.0 Å². The van der Waals surface area contributed by atoms with Crippen LogP contribution in [0.1, 0.15) is 60.5 Å². The number of aromatic nitrogens is 1. The van der Waals surface area contributed by atoms with E-state index in [1.54, 1.807) is 23.6 Å². The van der Waals surface area contributed by atoms with E-state index in [0.29, 0.717) is 48.9 Å². The zero-order chi connectivity index (χ0) is 33.9. The summed E-state index contributed by atoms with van der Waals surface area (Å²) in [6.45, 7) is 6.52. The van der Waals surface area contributed by atoms with Gasteiger partial charge in [-0.05, 0) is 81.4 Å². The van der Waals surface area contributed by atoms with Gasteiger partial charge in [-0.3, -0.25) is 9.36 Å². The Bertz CT molecular complexity index is 2210. The minimum absolute atomic E-state index is 0.190. The average Bonchev–Trinajstić information content (AvgIpc) is 3.39. The van der Waals surface area contributed by atoms with Crippen molar-refractivity contribution in [1.29, 1.82) is 0 Å². The standard InChI is InChI=1S/C38H31BrCl2N2O4S/c1-4-46-37(45)33-34(26-8-6-5-7-9-26)42-38-43(35(33)27-14-12-25(13-15-27)22(2)3)36(44)32(48-38)20-23-11-17-31(28(39)18-23)47-21-24-10-16-29(40)30(41)19-24/h5-20,22,35H,4,21H2,1-3H3/b32-20-/t35-/m0/s1. The lowest BCUT2D eigenvalue weighted by molar-refractivity contribution is -0.138. The summed E-state index contributed by atoms with van der Waals surface area (Å²) in [7, 11) is 0. The number of hydrogen-bond acceptors (Lipinski definition) is 6. The predicted octanol–water partition coefficient (Wildman–Crippen LogP) is 8.71. The number of rotatable bonds is 9. The molecular formula is C38H31BrCl2N2O4S. The molecule has 0 aliphatic carbocycles. The third-order valence-corrected chi connectivity index (χ3v) is 10.3. The monoisotopic (exact) mass is 760 g/mol. The van der Waals surface area contributed by atoms with Gasteiger partial charge in [0.05, 0.1) is 43.0 Å². The highest BCUT2D eigenvalue weighted by Crippen LogP contribution is 2.36. The van der Waals surface area contributed by atoms with E-state index in [0.717, 1.165) is 32.3 Å². The number of benzene rings is 4. The number of halogens is 3. The molecule has 0 N–H and O–H groups in total. The summed E-state index contributed by atoms with van der Waals surface area (Å²) < 4.78 is 14.4. The summed E-state index contributed by atoms with van der Waals surface area (Å²) >= 11 is 17.1. The number of fused-ring (bicyclic) bond motifs is 1. The Kier molecular flexibility index (Phi) is 10.4. The molecule has 0 bridgehead atoms. The van der Waals surface area contributed by atoms with Crippen molar-refractivity contribution in [2.24, 2.45) is 4.99 Å². The van der Waals surface area contributed by atoms with Gasteiger partial charge in [0.25, 0.3) is 5.56 Å². The van der Waals surface area contributed by atoms with Crippen molar-refractivity contribution in [3.8, 4) is 5.75 Å². The van der Waals surface area contributed by atoms with Crippen molar-refractivity contribution in [2.75, 3.05) is 6.61 Å². The lowest BCUT2D eigenvalue weighted by Crippen LogP contribution is -2.40. The average molecular weight is 763 g/mol. The minimum atomic E-state index is -0.734. The molecule has 48 heavy (non-hydrogen) atoms. The molecule has 0 fully saturated rings. The summed E-state index contributed by atoms with van der Waals surface area (Å²) in [5.41, 5.74) is 4.96. The van der Waals surface area contributed by atoms with Crippen LogP contribution in [0, 0.1) is 0 Å². The van der Waals surface area contributed by atoms with E-state index in [1.165, 1.54) is 11.3 Å². The Morgan fingerprint density at radius 1 is 1.00 bits per heavy atom. The maximum atomic E-state index is 14.3. The molecule has 5 aromatic rings. The molecule has 10 heteroatoms. The Morgan fingerprint density at radius 2 is 1.75 bits per heavy atom. The van der Waals surface area contributed by atoms with Crippen molar-refractivity contribution in [3.05, 3.63) is 159 Å². The Morgan fingerprint density at radius 3 is 2.42 bits per heavy atom. The number of esters is 1. The first kappa shape index (κ1) is 33.9. The fourth-order valence-corrected chi connectivity index (χ4v) is 7.32. The van der Waals surface area contributed by atoms with Crippen LogP contribution < -0.4 is 19.6 Å². The number of hydrogen-bond donors (Lipinski definition) is 0. The van der Waals surface area contributed by atoms with Gasteiger partial charge in [0.15, 0.2) is 4.80 Å². The summed E-state index contributed by atoms with van der Waals surface area (Å²) in [6, 6.07) is 27.8.